The smallest absolute Gasteiger partial charge is 0.450 e. The van der Waals surface area contributed by atoms with E-state index in [0.717, 1.165) is 0 Å². The van der Waals surface area contributed by atoms with E-state index in [9.17, 15) is 13.2 Å². The van der Waals surface area contributed by atoms with Crippen LogP contribution in [0.25, 0.3) is 0 Å². The summed E-state index contributed by atoms with van der Waals surface area (Å²) in [5, 5.41) is 7.81. The second-order valence-corrected chi connectivity index (χ2v) is 2.97. The predicted octanol–water partition coefficient (Wildman–Crippen LogP) is -0.431. The summed E-state index contributed by atoms with van der Waals surface area (Å²) < 4.78 is 31.6. The first kappa shape index (κ1) is 9.18. The summed E-state index contributed by atoms with van der Waals surface area (Å²) in [6.07, 6.45) is -1.57. The Morgan fingerprint density at radius 1 is 1.50 bits per heavy atom. The van der Waals surface area contributed by atoms with Crippen molar-refractivity contribution in [3.05, 3.63) is 0 Å². The van der Waals surface area contributed by atoms with E-state index >= 15 is 0 Å². The lowest BCUT2D eigenvalue weighted by atomic mass is 10.9. The van der Waals surface area contributed by atoms with Gasteiger partial charge in [-0.15, -0.1) is 0 Å². The summed E-state index contributed by atoms with van der Waals surface area (Å²) in [6, 6.07) is 0. The van der Waals surface area contributed by atoms with Gasteiger partial charge < -0.3 is 9.84 Å². The molecule has 2 N–H and O–H groups in total. The molecule has 0 amide bonds. The van der Waals surface area contributed by atoms with E-state index < -0.39 is 28.6 Å². The molecule has 0 rings (SSSR count). The quantitative estimate of drug-likeness (QED) is 0.440. The average Bonchev–Trinajstić information content (AvgIpc) is 1.59. The molecular weight excluding hydrogens is 164 g/mol. The Hall–Kier alpha value is -0.820. The number of carbonyl (C=O) groups is 1. The van der Waals surface area contributed by atoms with Gasteiger partial charge in [0.1, 0.15) is 12.4 Å². The second-order valence-electron chi connectivity index (χ2n) is 1.40. The molecule has 0 aliphatic rings. The summed E-state index contributed by atoms with van der Waals surface area (Å²) >= 11 is 0. The molecule has 0 unspecified atom stereocenters. The van der Waals surface area contributed by atoms with E-state index in [2.05, 4.69) is 4.74 Å². The van der Waals surface area contributed by atoms with Crippen LogP contribution in [0.15, 0.2) is 0 Å². The topological polar surface area (TPSA) is 101 Å². The van der Waals surface area contributed by atoms with Crippen molar-refractivity contribution in [3.8, 4) is 0 Å². The van der Waals surface area contributed by atoms with Crippen LogP contribution in [0.3, 0.4) is 0 Å². The molecule has 0 radical (unpaired) electrons. The summed E-state index contributed by atoms with van der Waals surface area (Å²) in [6.45, 7) is -0.547. The Labute approximate surface area is 57.2 Å². The standard InChI is InChI=1S/C3H6O6S/c4-3(5)9-1-2-10(6,7)8/h1-2H2,(H,4,5)(H,6,7,8). The van der Waals surface area contributed by atoms with Gasteiger partial charge in [-0.2, -0.15) is 8.42 Å². The van der Waals surface area contributed by atoms with Crippen LogP contribution in [-0.2, 0) is 14.9 Å². The van der Waals surface area contributed by atoms with Gasteiger partial charge in [0, 0.05) is 0 Å². The Morgan fingerprint density at radius 2 is 2.00 bits per heavy atom. The maximum atomic E-state index is 9.90. The van der Waals surface area contributed by atoms with Crippen molar-refractivity contribution in [2.45, 2.75) is 0 Å². The molecule has 0 aliphatic heterocycles. The molecule has 0 saturated heterocycles. The third-order valence-corrected chi connectivity index (χ3v) is 1.25. The highest BCUT2D eigenvalue weighted by Gasteiger charge is 2.05. The third kappa shape index (κ3) is 7.18. The SMILES string of the molecule is O=C(O)OCCS(=O)(=O)O. The molecule has 6 nitrogen and oxygen atoms in total. The molecule has 0 bridgehead atoms. The molecule has 0 saturated carbocycles. The van der Waals surface area contributed by atoms with Crippen molar-refractivity contribution in [1.29, 1.82) is 0 Å². The molecule has 0 atom stereocenters. The van der Waals surface area contributed by atoms with Gasteiger partial charge in [0.2, 0.25) is 0 Å². The summed E-state index contributed by atoms with van der Waals surface area (Å²) in [5.74, 6) is -0.709. The highest BCUT2D eigenvalue weighted by atomic mass is 32.2. The van der Waals surface area contributed by atoms with Gasteiger partial charge in [0.25, 0.3) is 10.1 Å². The minimum atomic E-state index is -4.11. The number of hydrogen-bond acceptors (Lipinski definition) is 4. The fourth-order valence-corrected chi connectivity index (χ4v) is 0.528. The first-order chi connectivity index (χ1) is 4.42. The summed E-state index contributed by atoms with van der Waals surface area (Å²) in [4.78, 5) is 9.59. The zero-order chi connectivity index (χ0) is 8.20. The molecule has 7 heteroatoms. The third-order valence-electron chi connectivity index (χ3n) is 0.567. The minimum absolute atomic E-state index is 0.547. The number of ether oxygens (including phenoxy) is 1. The molecule has 0 aromatic carbocycles. The molecule has 60 valence electrons. The Bertz CT molecular complexity index is 203. The van der Waals surface area contributed by atoms with E-state index in [4.69, 9.17) is 9.66 Å². The lowest BCUT2D eigenvalue weighted by Gasteiger charge is -1.95. The number of carboxylic acid groups (broad SMARTS) is 1. The minimum Gasteiger partial charge on any atom is -0.450 e. The first-order valence-electron chi connectivity index (χ1n) is 2.23. The van der Waals surface area contributed by atoms with E-state index in [1.54, 1.807) is 0 Å². The lowest BCUT2D eigenvalue weighted by molar-refractivity contribution is 0.0969. The van der Waals surface area contributed by atoms with Gasteiger partial charge in [-0.05, 0) is 0 Å². The van der Waals surface area contributed by atoms with Crippen LogP contribution in [-0.4, -0.2) is 36.6 Å². The fourth-order valence-electron chi connectivity index (χ4n) is 0.234. The van der Waals surface area contributed by atoms with Crippen molar-refractivity contribution in [2.24, 2.45) is 0 Å². The summed E-state index contributed by atoms with van der Waals surface area (Å²) in [5.41, 5.74) is 0. The van der Waals surface area contributed by atoms with Gasteiger partial charge >= 0.3 is 6.16 Å². The van der Waals surface area contributed by atoms with E-state index in [1.807, 2.05) is 0 Å². The molecule has 0 spiro atoms. The van der Waals surface area contributed by atoms with Crippen LogP contribution >= 0.6 is 0 Å². The van der Waals surface area contributed by atoms with E-state index in [-0.39, 0.29) is 0 Å². The zero-order valence-electron chi connectivity index (χ0n) is 4.85. The Kier molecular flexibility index (Phi) is 3.10. The molecule has 0 aliphatic carbocycles. The summed E-state index contributed by atoms with van der Waals surface area (Å²) in [7, 11) is -4.11. The predicted molar refractivity (Wildman–Crippen MR) is 30.4 cm³/mol. The van der Waals surface area contributed by atoms with Crippen molar-refractivity contribution < 1.29 is 27.6 Å². The largest absolute Gasteiger partial charge is 0.505 e. The second kappa shape index (κ2) is 3.37. The maximum Gasteiger partial charge on any atom is 0.505 e. The number of hydrogen-bond donors (Lipinski definition) is 2. The van der Waals surface area contributed by atoms with Crippen molar-refractivity contribution >= 4 is 16.3 Å². The fraction of sp³-hybridized carbons (Fsp3) is 0.667. The highest BCUT2D eigenvalue weighted by molar-refractivity contribution is 7.85. The van der Waals surface area contributed by atoms with Gasteiger partial charge in [-0.3, -0.25) is 4.55 Å². The van der Waals surface area contributed by atoms with Crippen LogP contribution in [0.5, 0.6) is 0 Å². The van der Waals surface area contributed by atoms with Crippen molar-refractivity contribution in [3.63, 3.8) is 0 Å². The first-order valence-corrected chi connectivity index (χ1v) is 3.83. The zero-order valence-corrected chi connectivity index (χ0v) is 5.67. The van der Waals surface area contributed by atoms with Gasteiger partial charge in [0.15, 0.2) is 0 Å². The molecule has 0 aromatic rings. The van der Waals surface area contributed by atoms with Crippen LogP contribution in [0.2, 0.25) is 0 Å². The molecule has 0 aromatic heterocycles. The van der Waals surface area contributed by atoms with Crippen LogP contribution < -0.4 is 0 Å². The maximum absolute atomic E-state index is 9.90. The average molecular weight is 170 g/mol. The molecule has 0 heterocycles. The number of rotatable bonds is 3. The van der Waals surface area contributed by atoms with E-state index in [1.165, 1.54) is 0 Å². The van der Waals surface area contributed by atoms with E-state index in [0.29, 0.717) is 0 Å². The van der Waals surface area contributed by atoms with Crippen molar-refractivity contribution in [2.75, 3.05) is 12.4 Å². The Balaban J connectivity index is 3.49. The van der Waals surface area contributed by atoms with Crippen LogP contribution in [0.4, 0.5) is 4.79 Å². The van der Waals surface area contributed by atoms with Crippen LogP contribution in [0.1, 0.15) is 0 Å². The monoisotopic (exact) mass is 170 g/mol. The molecular formula is C3H6O6S. The normalized spacial score (nSPS) is 10.9. The van der Waals surface area contributed by atoms with Crippen molar-refractivity contribution in [1.82, 2.24) is 0 Å². The molecule has 10 heavy (non-hydrogen) atoms. The lowest BCUT2D eigenvalue weighted by Crippen LogP contribution is -2.12. The van der Waals surface area contributed by atoms with Gasteiger partial charge in [-0.1, -0.05) is 0 Å². The van der Waals surface area contributed by atoms with Crippen LogP contribution in [0, 0.1) is 0 Å². The van der Waals surface area contributed by atoms with Gasteiger partial charge in [0.05, 0.1) is 0 Å². The highest BCUT2D eigenvalue weighted by Crippen LogP contribution is 1.83. The molecule has 0 fully saturated rings. The van der Waals surface area contributed by atoms with Gasteiger partial charge in [-0.25, -0.2) is 4.79 Å². The Morgan fingerprint density at radius 3 is 2.30 bits per heavy atom.